The molecule has 1 aliphatic heterocycles. The van der Waals surface area contributed by atoms with Crippen molar-refractivity contribution >= 4 is 0 Å². The van der Waals surface area contributed by atoms with Crippen LogP contribution in [0.4, 0.5) is 0 Å². The van der Waals surface area contributed by atoms with Gasteiger partial charge >= 0.3 is 0 Å². The highest BCUT2D eigenvalue weighted by atomic mass is 16.5. The Morgan fingerprint density at radius 3 is 3.00 bits per heavy atom. The predicted molar refractivity (Wildman–Crippen MR) is 66.9 cm³/mol. The van der Waals surface area contributed by atoms with E-state index < -0.39 is 0 Å². The molecular formula is C12H22N4O. The topological polar surface area (TPSA) is 42.3 Å². The molecule has 1 fully saturated rings. The zero-order valence-electron chi connectivity index (χ0n) is 10.9. The minimum Gasteiger partial charge on any atom is -0.374 e. The van der Waals surface area contributed by atoms with Crippen LogP contribution in [0.15, 0.2) is 12.5 Å². The van der Waals surface area contributed by atoms with Crippen LogP contribution in [0.2, 0.25) is 0 Å². The molecule has 0 aliphatic carbocycles. The highest BCUT2D eigenvalue weighted by Gasteiger charge is 2.32. The number of imidazole rings is 1. The molecule has 0 radical (unpaired) electrons. The van der Waals surface area contributed by atoms with Gasteiger partial charge in [-0.3, -0.25) is 4.90 Å². The Kier molecular flexibility index (Phi) is 4.15. The lowest BCUT2D eigenvalue weighted by atomic mass is 10.0. The van der Waals surface area contributed by atoms with Crippen LogP contribution in [0, 0.1) is 0 Å². The molecule has 2 unspecified atom stereocenters. The smallest absolute Gasteiger partial charge is 0.0946 e. The predicted octanol–water partition coefficient (Wildman–Crippen LogP) is 0.401. The first-order chi connectivity index (χ1) is 8.24. The van der Waals surface area contributed by atoms with Crippen LogP contribution in [-0.4, -0.2) is 53.8 Å². The molecule has 96 valence electrons. The molecule has 5 nitrogen and oxygen atoms in total. The van der Waals surface area contributed by atoms with Gasteiger partial charge in [0.2, 0.25) is 0 Å². The molecule has 0 amide bonds. The van der Waals surface area contributed by atoms with Crippen LogP contribution in [0.5, 0.6) is 0 Å². The number of morpholine rings is 1. The fourth-order valence-electron chi connectivity index (χ4n) is 2.39. The van der Waals surface area contributed by atoms with E-state index in [1.54, 1.807) is 0 Å². The molecule has 1 N–H and O–H groups in total. The molecule has 0 spiro atoms. The molecule has 1 saturated heterocycles. The maximum Gasteiger partial charge on any atom is 0.0946 e. The van der Waals surface area contributed by atoms with Crippen molar-refractivity contribution in [3.05, 3.63) is 18.2 Å². The second-order valence-electron chi connectivity index (χ2n) is 4.57. The largest absolute Gasteiger partial charge is 0.374 e. The summed E-state index contributed by atoms with van der Waals surface area (Å²) >= 11 is 0. The summed E-state index contributed by atoms with van der Waals surface area (Å²) in [6, 6.07) is 0.287. The monoisotopic (exact) mass is 238 g/mol. The van der Waals surface area contributed by atoms with E-state index in [4.69, 9.17) is 4.74 Å². The maximum absolute atomic E-state index is 5.90. The number of hydrogen-bond donors (Lipinski definition) is 1. The van der Waals surface area contributed by atoms with Crippen molar-refractivity contribution < 1.29 is 4.74 Å². The third-order valence-corrected chi connectivity index (χ3v) is 3.36. The average molecular weight is 238 g/mol. The normalized spacial score (nSPS) is 26.3. The van der Waals surface area contributed by atoms with Gasteiger partial charge in [-0.2, -0.15) is 0 Å². The quantitative estimate of drug-likeness (QED) is 0.824. The number of rotatable bonds is 4. The molecule has 17 heavy (non-hydrogen) atoms. The van der Waals surface area contributed by atoms with Gasteiger partial charge in [0.25, 0.3) is 0 Å². The fourth-order valence-corrected chi connectivity index (χ4v) is 2.39. The Labute approximate surface area is 103 Å². The Morgan fingerprint density at radius 2 is 2.35 bits per heavy atom. The first-order valence-corrected chi connectivity index (χ1v) is 6.22. The first kappa shape index (κ1) is 12.5. The van der Waals surface area contributed by atoms with Crippen molar-refractivity contribution in [3.63, 3.8) is 0 Å². The fraction of sp³-hybridized carbons (Fsp3) is 0.750. The minimum atomic E-state index is 0.198. The van der Waals surface area contributed by atoms with E-state index in [0.29, 0.717) is 0 Å². The molecule has 0 saturated carbocycles. The zero-order chi connectivity index (χ0) is 12.3. The summed E-state index contributed by atoms with van der Waals surface area (Å²) in [4.78, 5) is 6.56. The van der Waals surface area contributed by atoms with E-state index in [0.717, 1.165) is 26.2 Å². The lowest BCUT2D eigenvalue weighted by Gasteiger charge is -2.39. The summed E-state index contributed by atoms with van der Waals surface area (Å²) in [6.45, 7) is 5.75. The molecule has 0 aromatic carbocycles. The van der Waals surface area contributed by atoms with Gasteiger partial charge in [0, 0.05) is 26.3 Å². The molecule has 2 atom stereocenters. The van der Waals surface area contributed by atoms with Crippen molar-refractivity contribution in [2.45, 2.75) is 19.1 Å². The zero-order valence-corrected chi connectivity index (χ0v) is 10.9. The maximum atomic E-state index is 5.90. The molecule has 0 bridgehead atoms. The van der Waals surface area contributed by atoms with Crippen LogP contribution < -0.4 is 5.32 Å². The van der Waals surface area contributed by atoms with E-state index in [1.165, 1.54) is 5.69 Å². The molecular weight excluding hydrogens is 216 g/mol. The van der Waals surface area contributed by atoms with Crippen LogP contribution in [-0.2, 0) is 11.8 Å². The number of aromatic nitrogens is 2. The van der Waals surface area contributed by atoms with E-state index >= 15 is 0 Å². The van der Waals surface area contributed by atoms with E-state index in [1.807, 2.05) is 19.6 Å². The second kappa shape index (κ2) is 5.62. The molecule has 1 aliphatic rings. The molecule has 5 heteroatoms. The highest BCUT2D eigenvalue weighted by molar-refractivity contribution is 5.09. The van der Waals surface area contributed by atoms with Crippen LogP contribution in [0.25, 0.3) is 0 Å². The number of nitrogens with one attached hydrogen (secondary N) is 1. The molecule has 1 aromatic heterocycles. The van der Waals surface area contributed by atoms with Crippen molar-refractivity contribution in [1.29, 1.82) is 0 Å². The number of ether oxygens (including phenoxy) is 1. The van der Waals surface area contributed by atoms with Crippen LogP contribution in [0.3, 0.4) is 0 Å². The third-order valence-electron chi connectivity index (χ3n) is 3.36. The van der Waals surface area contributed by atoms with Gasteiger partial charge in [-0.05, 0) is 13.6 Å². The lowest BCUT2D eigenvalue weighted by molar-refractivity contribution is -0.0633. The number of nitrogens with zero attached hydrogens (tertiary/aromatic N) is 3. The van der Waals surface area contributed by atoms with Gasteiger partial charge in [0.1, 0.15) is 0 Å². The summed E-state index contributed by atoms with van der Waals surface area (Å²) in [5, 5.41) is 3.37. The van der Waals surface area contributed by atoms with Gasteiger partial charge in [0.05, 0.1) is 30.8 Å². The summed E-state index contributed by atoms with van der Waals surface area (Å²) in [5.74, 6) is 0. The summed E-state index contributed by atoms with van der Waals surface area (Å²) in [6.07, 6.45) is 3.99. The molecule has 1 aromatic rings. The standard InChI is InChI=1S/C12H22N4O/c1-4-13-8-11-12(15(2)5-6-17-11)10-7-14-9-16(10)3/h7,9,11-13H,4-6,8H2,1-3H3. The second-order valence-corrected chi connectivity index (χ2v) is 4.57. The summed E-state index contributed by atoms with van der Waals surface area (Å²) in [5.41, 5.74) is 1.22. The van der Waals surface area contributed by atoms with Gasteiger partial charge in [-0.15, -0.1) is 0 Å². The Hall–Kier alpha value is -0.910. The van der Waals surface area contributed by atoms with Crippen LogP contribution in [0.1, 0.15) is 18.7 Å². The van der Waals surface area contributed by atoms with Crippen LogP contribution >= 0.6 is 0 Å². The number of hydrogen-bond acceptors (Lipinski definition) is 4. The highest BCUT2D eigenvalue weighted by Crippen LogP contribution is 2.27. The van der Waals surface area contributed by atoms with Gasteiger partial charge in [-0.25, -0.2) is 4.98 Å². The van der Waals surface area contributed by atoms with Crippen molar-refractivity contribution in [2.24, 2.45) is 7.05 Å². The Balaban J connectivity index is 2.16. The van der Waals surface area contributed by atoms with Gasteiger partial charge < -0.3 is 14.6 Å². The van der Waals surface area contributed by atoms with E-state index in [-0.39, 0.29) is 12.1 Å². The van der Waals surface area contributed by atoms with Crippen molar-refractivity contribution in [1.82, 2.24) is 19.8 Å². The SMILES string of the molecule is CCNCC1OCCN(C)C1c1cncn1C. The Bertz CT molecular complexity index is 352. The van der Waals surface area contributed by atoms with E-state index in [2.05, 4.69) is 33.7 Å². The number of aryl methyl sites for hydroxylation is 1. The molecule has 2 rings (SSSR count). The Morgan fingerprint density at radius 1 is 1.53 bits per heavy atom. The van der Waals surface area contributed by atoms with E-state index in [9.17, 15) is 0 Å². The average Bonchev–Trinajstić information content (AvgIpc) is 2.73. The summed E-state index contributed by atoms with van der Waals surface area (Å²) < 4.78 is 7.97. The minimum absolute atomic E-state index is 0.198. The number of likely N-dealkylation sites (N-methyl/N-ethyl adjacent to an activating group) is 2. The van der Waals surface area contributed by atoms with Gasteiger partial charge in [-0.1, -0.05) is 6.92 Å². The lowest BCUT2D eigenvalue weighted by Crippen LogP contribution is -2.48. The first-order valence-electron chi connectivity index (χ1n) is 6.22. The molecule has 2 heterocycles. The van der Waals surface area contributed by atoms with Crippen molar-refractivity contribution in [3.8, 4) is 0 Å². The van der Waals surface area contributed by atoms with Crippen molar-refractivity contribution in [2.75, 3.05) is 33.3 Å². The summed E-state index contributed by atoms with van der Waals surface area (Å²) in [7, 11) is 4.19. The van der Waals surface area contributed by atoms with Gasteiger partial charge in [0.15, 0.2) is 0 Å². The third kappa shape index (κ3) is 2.68.